The van der Waals surface area contributed by atoms with E-state index >= 15 is 0 Å². The molecule has 2 rings (SSSR count). The van der Waals surface area contributed by atoms with Gasteiger partial charge >= 0.3 is 6.09 Å². The van der Waals surface area contributed by atoms with E-state index in [1.807, 2.05) is 24.3 Å². The topological polar surface area (TPSA) is 40.5 Å². The van der Waals surface area contributed by atoms with Crippen molar-refractivity contribution in [3.05, 3.63) is 35.4 Å². The molecule has 1 amide bonds. The van der Waals surface area contributed by atoms with Crippen LogP contribution in [0.4, 0.5) is 4.79 Å². The van der Waals surface area contributed by atoms with Gasteiger partial charge in [-0.25, -0.2) is 4.79 Å². The maximum Gasteiger partial charge on any atom is 0.408 e. The molecule has 86 valence electrons. The second-order valence-corrected chi connectivity index (χ2v) is 5.38. The summed E-state index contributed by atoms with van der Waals surface area (Å²) >= 11 is 0. The fourth-order valence-electron chi connectivity index (χ4n) is 2.50. The fraction of sp³-hybridized carbons (Fsp3) is 0.462. The number of amides is 1. The van der Waals surface area contributed by atoms with Crippen LogP contribution in [0.15, 0.2) is 24.3 Å². The third-order valence-corrected chi connectivity index (χ3v) is 3.07. The quantitative estimate of drug-likeness (QED) is 0.727. The van der Waals surface area contributed by atoms with Gasteiger partial charge in [0.2, 0.25) is 0 Å². The number of rotatable bonds is 0. The largest absolute Gasteiger partial charge is 0.465 e. The molecule has 0 aliphatic carbocycles. The number of nitrogens with zero attached hydrogens (tertiary/aromatic N) is 1. The first kappa shape index (κ1) is 11.0. The van der Waals surface area contributed by atoms with Crippen LogP contribution in [-0.4, -0.2) is 16.1 Å². The monoisotopic (exact) mass is 219 g/mol. The van der Waals surface area contributed by atoms with Crippen LogP contribution in [0.1, 0.15) is 37.9 Å². The van der Waals surface area contributed by atoms with E-state index in [9.17, 15) is 9.90 Å². The highest BCUT2D eigenvalue weighted by atomic mass is 16.4. The summed E-state index contributed by atoms with van der Waals surface area (Å²) in [6.45, 7) is 6.74. The molecule has 0 bridgehead atoms. The van der Waals surface area contributed by atoms with Crippen molar-refractivity contribution in [1.29, 1.82) is 0 Å². The molecule has 0 saturated carbocycles. The summed E-state index contributed by atoms with van der Waals surface area (Å²) in [4.78, 5) is 12.8. The highest BCUT2D eigenvalue weighted by molar-refractivity contribution is 5.67. The lowest BCUT2D eigenvalue weighted by molar-refractivity contribution is 0.0900. The normalized spacial score (nSPS) is 19.7. The zero-order chi connectivity index (χ0) is 11.9. The van der Waals surface area contributed by atoms with Gasteiger partial charge in [-0.1, -0.05) is 45.0 Å². The number of hydrogen-bond donors (Lipinski definition) is 1. The Morgan fingerprint density at radius 2 is 2.00 bits per heavy atom. The summed E-state index contributed by atoms with van der Waals surface area (Å²) in [7, 11) is 0. The highest BCUT2D eigenvalue weighted by Crippen LogP contribution is 2.44. The molecule has 1 aromatic rings. The summed E-state index contributed by atoms with van der Waals surface area (Å²) in [6, 6.07) is 7.94. The van der Waals surface area contributed by atoms with Crippen molar-refractivity contribution in [2.75, 3.05) is 0 Å². The van der Waals surface area contributed by atoms with E-state index in [1.54, 1.807) is 0 Å². The zero-order valence-electron chi connectivity index (χ0n) is 9.90. The van der Waals surface area contributed by atoms with Crippen molar-refractivity contribution in [3.8, 4) is 0 Å². The molecular weight excluding hydrogens is 202 g/mol. The number of carbonyl (C=O) groups is 1. The summed E-state index contributed by atoms with van der Waals surface area (Å²) in [5.41, 5.74) is 2.20. The van der Waals surface area contributed by atoms with E-state index in [-0.39, 0.29) is 11.5 Å². The minimum absolute atomic E-state index is 0.0406. The van der Waals surface area contributed by atoms with E-state index in [2.05, 4.69) is 20.8 Å². The summed E-state index contributed by atoms with van der Waals surface area (Å²) in [6.07, 6.45) is -0.837. The molecule has 1 aromatic carbocycles. The molecule has 0 aromatic heterocycles. The maximum absolute atomic E-state index is 11.3. The van der Waals surface area contributed by atoms with Gasteiger partial charge in [0.15, 0.2) is 0 Å². The first-order valence-electron chi connectivity index (χ1n) is 5.48. The van der Waals surface area contributed by atoms with Crippen LogP contribution in [0.25, 0.3) is 0 Å². The SMILES string of the molecule is CC(C)(C)C1c2ccccc2CN1C(=O)O. The van der Waals surface area contributed by atoms with Gasteiger partial charge in [0.25, 0.3) is 0 Å². The van der Waals surface area contributed by atoms with Gasteiger partial charge in [0.1, 0.15) is 0 Å². The maximum atomic E-state index is 11.3. The Labute approximate surface area is 95.7 Å². The molecule has 1 atom stereocenters. The van der Waals surface area contributed by atoms with Gasteiger partial charge in [-0.2, -0.15) is 0 Å². The van der Waals surface area contributed by atoms with Gasteiger partial charge in [-0.05, 0) is 16.5 Å². The predicted octanol–water partition coefficient (Wildman–Crippen LogP) is 3.27. The molecule has 1 aliphatic rings. The molecule has 1 N–H and O–H groups in total. The van der Waals surface area contributed by atoms with Crippen molar-refractivity contribution in [2.45, 2.75) is 33.4 Å². The lowest BCUT2D eigenvalue weighted by Crippen LogP contribution is -2.35. The Hall–Kier alpha value is -1.51. The van der Waals surface area contributed by atoms with Crippen molar-refractivity contribution < 1.29 is 9.90 Å². The van der Waals surface area contributed by atoms with Crippen LogP contribution in [0.5, 0.6) is 0 Å². The Morgan fingerprint density at radius 1 is 1.38 bits per heavy atom. The second-order valence-electron chi connectivity index (χ2n) is 5.38. The third-order valence-electron chi connectivity index (χ3n) is 3.07. The number of benzene rings is 1. The fourth-order valence-corrected chi connectivity index (χ4v) is 2.50. The minimum atomic E-state index is -0.837. The van der Waals surface area contributed by atoms with E-state index in [4.69, 9.17) is 0 Å². The molecule has 1 unspecified atom stereocenters. The van der Waals surface area contributed by atoms with Gasteiger partial charge in [0.05, 0.1) is 6.04 Å². The first-order chi connectivity index (χ1) is 7.41. The third kappa shape index (κ3) is 1.66. The molecule has 1 heterocycles. The number of hydrogen-bond acceptors (Lipinski definition) is 1. The highest BCUT2D eigenvalue weighted by Gasteiger charge is 2.40. The number of fused-ring (bicyclic) bond motifs is 1. The second kappa shape index (κ2) is 3.51. The van der Waals surface area contributed by atoms with E-state index in [1.165, 1.54) is 4.90 Å². The van der Waals surface area contributed by atoms with E-state index < -0.39 is 6.09 Å². The van der Waals surface area contributed by atoms with Crippen LogP contribution < -0.4 is 0 Å². The summed E-state index contributed by atoms with van der Waals surface area (Å²) < 4.78 is 0. The van der Waals surface area contributed by atoms with Crippen molar-refractivity contribution in [2.24, 2.45) is 5.41 Å². The Kier molecular flexibility index (Phi) is 2.41. The Bertz CT molecular complexity index is 420. The smallest absolute Gasteiger partial charge is 0.408 e. The van der Waals surface area contributed by atoms with Crippen LogP contribution in [0, 0.1) is 5.41 Å². The van der Waals surface area contributed by atoms with Gasteiger partial charge < -0.3 is 5.11 Å². The molecule has 0 fully saturated rings. The molecule has 16 heavy (non-hydrogen) atoms. The molecule has 1 aliphatic heterocycles. The molecule has 3 heteroatoms. The van der Waals surface area contributed by atoms with Crippen LogP contribution in [-0.2, 0) is 6.54 Å². The molecule has 0 saturated heterocycles. The molecule has 0 radical (unpaired) electrons. The first-order valence-corrected chi connectivity index (χ1v) is 5.48. The van der Waals surface area contributed by atoms with Crippen molar-refractivity contribution >= 4 is 6.09 Å². The van der Waals surface area contributed by atoms with Crippen LogP contribution in [0.2, 0.25) is 0 Å². The predicted molar refractivity (Wildman–Crippen MR) is 62.2 cm³/mol. The van der Waals surface area contributed by atoms with Crippen molar-refractivity contribution in [1.82, 2.24) is 4.90 Å². The van der Waals surface area contributed by atoms with E-state index in [0.717, 1.165) is 11.1 Å². The zero-order valence-corrected chi connectivity index (χ0v) is 9.90. The number of carboxylic acid groups (broad SMARTS) is 1. The summed E-state index contributed by atoms with van der Waals surface area (Å²) in [5, 5.41) is 9.25. The molecule has 3 nitrogen and oxygen atoms in total. The lowest BCUT2D eigenvalue weighted by Gasteiger charge is -2.33. The lowest BCUT2D eigenvalue weighted by atomic mass is 9.82. The summed E-state index contributed by atoms with van der Waals surface area (Å²) in [5.74, 6) is 0. The van der Waals surface area contributed by atoms with Gasteiger partial charge in [0, 0.05) is 6.54 Å². The van der Waals surface area contributed by atoms with Crippen LogP contribution >= 0.6 is 0 Å². The minimum Gasteiger partial charge on any atom is -0.465 e. The standard InChI is InChI=1S/C13H17NO2/c1-13(2,3)11-10-7-5-4-6-9(10)8-14(11)12(15)16/h4-7,11H,8H2,1-3H3,(H,15,16). The Balaban J connectivity index is 2.48. The van der Waals surface area contributed by atoms with Gasteiger partial charge in [-0.3, -0.25) is 4.90 Å². The average molecular weight is 219 g/mol. The van der Waals surface area contributed by atoms with Crippen molar-refractivity contribution in [3.63, 3.8) is 0 Å². The van der Waals surface area contributed by atoms with Gasteiger partial charge in [-0.15, -0.1) is 0 Å². The molecule has 0 spiro atoms. The van der Waals surface area contributed by atoms with E-state index in [0.29, 0.717) is 6.54 Å². The average Bonchev–Trinajstić information content (AvgIpc) is 2.55. The Morgan fingerprint density at radius 3 is 2.56 bits per heavy atom. The molecular formula is C13H17NO2. The van der Waals surface area contributed by atoms with Crippen LogP contribution in [0.3, 0.4) is 0 Å².